The number of aliphatic imine (C=N–C) groups is 1. The highest BCUT2D eigenvalue weighted by molar-refractivity contribution is 7.10. The Morgan fingerprint density at radius 2 is 2.15 bits per heavy atom. The second kappa shape index (κ2) is 6.93. The Morgan fingerprint density at radius 3 is 2.75 bits per heavy atom. The van der Waals surface area contributed by atoms with Gasteiger partial charge in [-0.25, -0.2) is 0 Å². The van der Waals surface area contributed by atoms with Crippen molar-refractivity contribution in [1.29, 1.82) is 0 Å². The lowest BCUT2D eigenvalue weighted by atomic mass is 9.92. The van der Waals surface area contributed by atoms with E-state index in [-0.39, 0.29) is 5.41 Å². The molecule has 1 aromatic heterocycles. The van der Waals surface area contributed by atoms with Crippen molar-refractivity contribution in [2.45, 2.75) is 45.1 Å². The predicted octanol–water partition coefficient (Wildman–Crippen LogP) is 3.30. The number of rotatable bonds is 5. The zero-order chi connectivity index (χ0) is 14.4. The fourth-order valence-corrected chi connectivity index (χ4v) is 3.11. The Kier molecular flexibility index (Phi) is 5.24. The van der Waals surface area contributed by atoms with Crippen LogP contribution in [0.25, 0.3) is 0 Å². The van der Waals surface area contributed by atoms with E-state index in [2.05, 4.69) is 61.1 Å². The van der Waals surface area contributed by atoms with Gasteiger partial charge in [-0.3, -0.25) is 4.99 Å². The molecule has 0 radical (unpaired) electrons. The Labute approximate surface area is 126 Å². The van der Waals surface area contributed by atoms with Crippen LogP contribution in [0.15, 0.2) is 34.7 Å². The molecule has 1 heterocycles. The van der Waals surface area contributed by atoms with Crippen molar-refractivity contribution in [3.05, 3.63) is 34.5 Å². The van der Waals surface area contributed by atoms with Crippen LogP contribution < -0.4 is 10.6 Å². The average molecular weight is 291 g/mol. The molecule has 0 bridgehead atoms. The summed E-state index contributed by atoms with van der Waals surface area (Å²) < 4.78 is 0. The van der Waals surface area contributed by atoms with Gasteiger partial charge < -0.3 is 10.6 Å². The Morgan fingerprint density at radius 1 is 1.40 bits per heavy atom. The quantitative estimate of drug-likeness (QED) is 0.496. The van der Waals surface area contributed by atoms with E-state index in [0.29, 0.717) is 6.04 Å². The molecule has 2 rings (SSSR count). The number of hydrogen-bond donors (Lipinski definition) is 2. The van der Waals surface area contributed by atoms with Gasteiger partial charge in [0, 0.05) is 22.9 Å². The van der Waals surface area contributed by atoms with Crippen molar-refractivity contribution in [3.63, 3.8) is 0 Å². The first-order valence-electron chi connectivity index (χ1n) is 7.35. The molecule has 4 heteroatoms. The highest BCUT2D eigenvalue weighted by Crippen LogP contribution is 2.27. The molecule has 0 amide bonds. The lowest BCUT2D eigenvalue weighted by Crippen LogP contribution is -2.43. The van der Waals surface area contributed by atoms with Crippen LogP contribution in [0.5, 0.6) is 0 Å². The monoisotopic (exact) mass is 291 g/mol. The smallest absolute Gasteiger partial charge is 0.191 e. The molecule has 1 aromatic rings. The number of nitrogens with one attached hydrogen (secondary N) is 2. The van der Waals surface area contributed by atoms with Gasteiger partial charge in [0.25, 0.3) is 0 Å². The zero-order valence-corrected chi connectivity index (χ0v) is 13.5. The summed E-state index contributed by atoms with van der Waals surface area (Å²) in [5, 5.41) is 8.99. The molecule has 0 atom stereocenters. The number of nitrogens with zero attached hydrogens (tertiary/aromatic N) is 1. The molecule has 2 N–H and O–H groups in total. The summed E-state index contributed by atoms with van der Waals surface area (Å²) in [6.45, 7) is 8.30. The molecular weight excluding hydrogens is 266 g/mol. The second-order valence-electron chi connectivity index (χ2n) is 5.84. The number of guanidine groups is 1. The third-order valence-corrected chi connectivity index (χ3v) is 4.75. The largest absolute Gasteiger partial charge is 0.357 e. The van der Waals surface area contributed by atoms with E-state index in [9.17, 15) is 0 Å². The van der Waals surface area contributed by atoms with Crippen molar-refractivity contribution < 1.29 is 0 Å². The molecular formula is C16H25N3S. The maximum Gasteiger partial charge on any atom is 0.191 e. The highest BCUT2D eigenvalue weighted by atomic mass is 32.1. The second-order valence-corrected chi connectivity index (χ2v) is 6.79. The van der Waals surface area contributed by atoms with Crippen molar-refractivity contribution in [2.75, 3.05) is 13.1 Å². The minimum Gasteiger partial charge on any atom is -0.357 e. The van der Waals surface area contributed by atoms with Crippen LogP contribution in [0.1, 0.15) is 38.5 Å². The summed E-state index contributed by atoms with van der Waals surface area (Å²) in [5.74, 6) is 0.936. The molecule has 0 saturated carbocycles. The van der Waals surface area contributed by atoms with Gasteiger partial charge in [-0.1, -0.05) is 32.1 Å². The van der Waals surface area contributed by atoms with Crippen LogP contribution in [-0.4, -0.2) is 25.1 Å². The van der Waals surface area contributed by atoms with Crippen LogP contribution in [-0.2, 0) is 5.41 Å². The summed E-state index contributed by atoms with van der Waals surface area (Å²) in [7, 11) is 0. The zero-order valence-electron chi connectivity index (χ0n) is 12.6. The van der Waals surface area contributed by atoms with E-state index in [4.69, 9.17) is 4.99 Å². The van der Waals surface area contributed by atoms with Gasteiger partial charge in [0.1, 0.15) is 0 Å². The molecule has 0 fully saturated rings. The van der Waals surface area contributed by atoms with E-state index >= 15 is 0 Å². The lowest BCUT2D eigenvalue weighted by Gasteiger charge is -2.23. The Hall–Kier alpha value is -1.29. The fraction of sp³-hybridized carbons (Fsp3) is 0.562. The SMILES string of the molecule is CCNC(=NCC(C)(C)c1cccs1)NC1CC=CC1. The van der Waals surface area contributed by atoms with Gasteiger partial charge in [0.05, 0.1) is 6.54 Å². The molecule has 1 aliphatic rings. The van der Waals surface area contributed by atoms with Gasteiger partial charge in [-0.15, -0.1) is 11.3 Å². The Balaban J connectivity index is 1.97. The maximum atomic E-state index is 4.78. The van der Waals surface area contributed by atoms with Crippen molar-refractivity contribution in [1.82, 2.24) is 10.6 Å². The van der Waals surface area contributed by atoms with Crippen LogP contribution >= 0.6 is 11.3 Å². The molecule has 1 aliphatic carbocycles. The molecule has 0 spiro atoms. The topological polar surface area (TPSA) is 36.4 Å². The average Bonchev–Trinajstić information content (AvgIpc) is 3.09. The molecule has 3 nitrogen and oxygen atoms in total. The fourth-order valence-electron chi connectivity index (χ4n) is 2.27. The van der Waals surface area contributed by atoms with Gasteiger partial charge in [0.15, 0.2) is 5.96 Å². The summed E-state index contributed by atoms with van der Waals surface area (Å²) in [6, 6.07) is 4.80. The predicted molar refractivity (Wildman–Crippen MR) is 88.6 cm³/mol. The van der Waals surface area contributed by atoms with Crippen LogP contribution in [0.2, 0.25) is 0 Å². The van der Waals surface area contributed by atoms with Crippen molar-refractivity contribution >= 4 is 17.3 Å². The van der Waals surface area contributed by atoms with Gasteiger partial charge in [-0.2, -0.15) is 0 Å². The molecule has 20 heavy (non-hydrogen) atoms. The summed E-state index contributed by atoms with van der Waals surface area (Å²) in [4.78, 5) is 6.17. The molecule has 0 unspecified atom stereocenters. The van der Waals surface area contributed by atoms with Gasteiger partial charge in [0.2, 0.25) is 0 Å². The highest BCUT2D eigenvalue weighted by Gasteiger charge is 2.21. The maximum absolute atomic E-state index is 4.78. The van der Waals surface area contributed by atoms with Crippen LogP contribution in [0.3, 0.4) is 0 Å². The van der Waals surface area contributed by atoms with E-state index < -0.39 is 0 Å². The standard InChI is InChI=1S/C16H25N3S/c1-4-17-15(19-13-8-5-6-9-13)18-12-16(2,3)14-10-7-11-20-14/h5-7,10-11,13H,4,8-9,12H2,1-3H3,(H2,17,18,19). The molecule has 0 aromatic carbocycles. The van der Waals surface area contributed by atoms with E-state index in [1.165, 1.54) is 4.88 Å². The molecule has 0 aliphatic heterocycles. The van der Waals surface area contributed by atoms with Crippen LogP contribution in [0.4, 0.5) is 0 Å². The minimum absolute atomic E-state index is 0.0877. The first kappa shape index (κ1) is 15.1. The Bertz CT molecular complexity index is 452. The minimum atomic E-state index is 0.0877. The number of thiophene rings is 1. The summed E-state index contributed by atoms with van der Waals surface area (Å²) in [5.41, 5.74) is 0.0877. The summed E-state index contributed by atoms with van der Waals surface area (Å²) >= 11 is 1.81. The molecule has 0 saturated heterocycles. The van der Waals surface area contributed by atoms with Gasteiger partial charge >= 0.3 is 0 Å². The third kappa shape index (κ3) is 4.10. The number of hydrogen-bond acceptors (Lipinski definition) is 2. The first-order chi connectivity index (χ1) is 9.62. The molecule has 110 valence electrons. The summed E-state index contributed by atoms with van der Waals surface area (Å²) in [6.07, 6.45) is 6.66. The van der Waals surface area contributed by atoms with Crippen molar-refractivity contribution in [2.24, 2.45) is 4.99 Å². The van der Waals surface area contributed by atoms with Crippen LogP contribution in [0, 0.1) is 0 Å². The van der Waals surface area contributed by atoms with E-state index in [0.717, 1.165) is 31.9 Å². The normalized spacial score (nSPS) is 16.6. The third-order valence-electron chi connectivity index (χ3n) is 3.51. The van der Waals surface area contributed by atoms with Gasteiger partial charge in [-0.05, 0) is 31.2 Å². The van der Waals surface area contributed by atoms with E-state index in [1.54, 1.807) is 0 Å². The van der Waals surface area contributed by atoms with E-state index in [1.807, 2.05) is 11.3 Å². The lowest BCUT2D eigenvalue weighted by molar-refractivity contribution is 0.544. The first-order valence-corrected chi connectivity index (χ1v) is 8.23. The van der Waals surface area contributed by atoms with Crippen molar-refractivity contribution in [3.8, 4) is 0 Å².